The molecule has 31 heavy (non-hydrogen) atoms. The van der Waals surface area contributed by atoms with Crippen molar-refractivity contribution in [3.05, 3.63) is 100 Å². The normalized spacial score (nSPS) is 19.0. The lowest BCUT2D eigenvalue weighted by atomic mass is 9.85. The molecule has 6 rings (SSSR count). The van der Waals surface area contributed by atoms with E-state index in [2.05, 4.69) is 25.8 Å². The molecule has 4 aromatic rings. The van der Waals surface area contributed by atoms with Crippen molar-refractivity contribution in [2.75, 3.05) is 5.32 Å². The fourth-order valence-electron chi connectivity index (χ4n) is 4.13. The van der Waals surface area contributed by atoms with Gasteiger partial charge in [0.1, 0.15) is 23.7 Å². The van der Waals surface area contributed by atoms with E-state index in [4.69, 9.17) is 16.3 Å². The van der Waals surface area contributed by atoms with E-state index in [0.29, 0.717) is 16.7 Å². The fraction of sp³-hybridized carbons (Fsp3) is 0.0909. The third kappa shape index (κ3) is 2.87. The molecular weight excluding hydrogens is 419 g/mol. The van der Waals surface area contributed by atoms with E-state index in [1.54, 1.807) is 35.3 Å². The molecule has 152 valence electrons. The van der Waals surface area contributed by atoms with Gasteiger partial charge in [-0.15, -0.1) is 0 Å². The van der Waals surface area contributed by atoms with Crippen LogP contribution in [0.5, 0.6) is 5.75 Å². The Bertz CT molecular complexity index is 1320. The topological polar surface area (TPSA) is 77.8 Å². The van der Waals surface area contributed by atoms with Gasteiger partial charge in [0, 0.05) is 28.6 Å². The predicted octanol–water partition coefficient (Wildman–Crippen LogP) is 4.42. The zero-order chi connectivity index (χ0) is 20.9. The average molecular weight is 433 g/mol. The Morgan fingerprint density at radius 2 is 1.94 bits per heavy atom. The summed E-state index contributed by atoms with van der Waals surface area (Å²) in [7, 11) is 0. The molecule has 4 heterocycles. The maximum atomic E-state index is 13.6. The third-order valence-electron chi connectivity index (χ3n) is 5.47. The molecule has 0 fully saturated rings. The number of anilines is 1. The summed E-state index contributed by atoms with van der Waals surface area (Å²) in [5.74, 6) is 0.850. The van der Waals surface area contributed by atoms with Crippen LogP contribution in [0.25, 0.3) is 5.70 Å². The van der Waals surface area contributed by atoms with Crippen LogP contribution in [0.15, 0.2) is 72.6 Å². The maximum absolute atomic E-state index is 13.6. The standard InChI is InChI=1S/C22H14ClFN6O/c23-14-5-8-17-16(10-14)19-18(21(31-17)12-3-6-15(24)7-4-12)20(13-2-1-9-25-11-13)30-22(26-19)27-28-29-30/h1-11,20-21H,(H,26,27,29)/t20-,21+/m0/s1. The lowest BCUT2D eigenvalue weighted by molar-refractivity contribution is 0.222. The highest BCUT2D eigenvalue weighted by Gasteiger charge is 2.41. The molecule has 0 spiro atoms. The van der Waals surface area contributed by atoms with Crippen LogP contribution in [-0.2, 0) is 0 Å². The minimum Gasteiger partial charge on any atom is -0.480 e. The molecule has 2 aromatic heterocycles. The molecule has 0 amide bonds. The van der Waals surface area contributed by atoms with Crippen LogP contribution < -0.4 is 10.1 Å². The number of rotatable bonds is 2. The highest BCUT2D eigenvalue weighted by atomic mass is 35.5. The van der Waals surface area contributed by atoms with E-state index in [0.717, 1.165) is 28.0 Å². The van der Waals surface area contributed by atoms with E-state index in [1.807, 2.05) is 24.3 Å². The number of pyridine rings is 1. The number of benzene rings is 2. The van der Waals surface area contributed by atoms with Gasteiger partial charge in [-0.3, -0.25) is 4.98 Å². The van der Waals surface area contributed by atoms with Gasteiger partial charge in [0.05, 0.1) is 5.70 Å². The van der Waals surface area contributed by atoms with Crippen LogP contribution in [-0.4, -0.2) is 25.2 Å². The molecule has 2 aliphatic rings. The number of nitrogens with zero attached hydrogens (tertiary/aromatic N) is 5. The minimum atomic E-state index is -0.501. The summed E-state index contributed by atoms with van der Waals surface area (Å²) in [6.07, 6.45) is 2.99. The van der Waals surface area contributed by atoms with Crippen molar-refractivity contribution in [1.29, 1.82) is 0 Å². The second-order valence-electron chi connectivity index (χ2n) is 7.28. The first-order valence-electron chi connectivity index (χ1n) is 9.60. The zero-order valence-electron chi connectivity index (χ0n) is 15.9. The van der Waals surface area contributed by atoms with Crippen LogP contribution in [0.3, 0.4) is 0 Å². The molecule has 2 atom stereocenters. The monoisotopic (exact) mass is 432 g/mol. The largest absolute Gasteiger partial charge is 0.480 e. The van der Waals surface area contributed by atoms with Crippen molar-refractivity contribution >= 4 is 23.2 Å². The maximum Gasteiger partial charge on any atom is 0.248 e. The number of hydrogen-bond donors (Lipinski definition) is 1. The summed E-state index contributed by atoms with van der Waals surface area (Å²) in [4.78, 5) is 4.29. The molecule has 0 unspecified atom stereocenters. The molecule has 0 saturated heterocycles. The van der Waals surface area contributed by atoms with Gasteiger partial charge in [-0.2, -0.15) is 4.68 Å². The third-order valence-corrected chi connectivity index (χ3v) is 5.70. The van der Waals surface area contributed by atoms with Crippen molar-refractivity contribution in [2.24, 2.45) is 0 Å². The van der Waals surface area contributed by atoms with Gasteiger partial charge in [-0.05, 0) is 58.0 Å². The lowest BCUT2D eigenvalue weighted by Gasteiger charge is -2.38. The Balaban J connectivity index is 1.64. The van der Waals surface area contributed by atoms with Gasteiger partial charge in [-0.25, -0.2) is 4.39 Å². The smallest absolute Gasteiger partial charge is 0.248 e. The van der Waals surface area contributed by atoms with E-state index >= 15 is 0 Å². The molecule has 7 nitrogen and oxygen atoms in total. The second-order valence-corrected chi connectivity index (χ2v) is 7.72. The van der Waals surface area contributed by atoms with Crippen molar-refractivity contribution in [2.45, 2.75) is 12.1 Å². The van der Waals surface area contributed by atoms with Crippen molar-refractivity contribution < 1.29 is 9.13 Å². The van der Waals surface area contributed by atoms with Crippen molar-refractivity contribution in [3.8, 4) is 5.75 Å². The van der Waals surface area contributed by atoms with Gasteiger partial charge in [-0.1, -0.05) is 34.9 Å². The van der Waals surface area contributed by atoms with Gasteiger partial charge in [0.2, 0.25) is 5.95 Å². The van der Waals surface area contributed by atoms with Gasteiger partial charge in [0.25, 0.3) is 0 Å². The molecule has 2 aromatic carbocycles. The minimum absolute atomic E-state index is 0.311. The summed E-state index contributed by atoms with van der Waals surface area (Å²) in [6.45, 7) is 0. The number of nitrogens with one attached hydrogen (secondary N) is 1. The molecule has 0 radical (unpaired) electrons. The number of hydrogen-bond acceptors (Lipinski definition) is 6. The summed E-state index contributed by atoms with van der Waals surface area (Å²) >= 11 is 6.31. The summed E-state index contributed by atoms with van der Waals surface area (Å²) in [5.41, 5.74) is 4.21. The van der Waals surface area contributed by atoms with Crippen LogP contribution in [0, 0.1) is 5.82 Å². The molecule has 0 bridgehead atoms. The highest BCUT2D eigenvalue weighted by molar-refractivity contribution is 6.30. The predicted molar refractivity (Wildman–Crippen MR) is 112 cm³/mol. The first-order chi connectivity index (χ1) is 15.2. The number of halogens is 2. The second kappa shape index (κ2) is 6.88. The summed E-state index contributed by atoms with van der Waals surface area (Å²) < 4.78 is 21.8. The average Bonchev–Trinajstić information content (AvgIpc) is 3.27. The highest BCUT2D eigenvalue weighted by Crippen LogP contribution is 2.50. The van der Waals surface area contributed by atoms with Crippen molar-refractivity contribution in [3.63, 3.8) is 0 Å². The molecular formula is C22H14ClFN6O. The van der Waals surface area contributed by atoms with Gasteiger partial charge < -0.3 is 10.1 Å². The number of tetrazole rings is 1. The lowest BCUT2D eigenvalue weighted by Crippen LogP contribution is -2.32. The van der Waals surface area contributed by atoms with Gasteiger partial charge >= 0.3 is 0 Å². The Hall–Kier alpha value is -3.78. The molecule has 9 heteroatoms. The Morgan fingerprint density at radius 1 is 1.06 bits per heavy atom. The van der Waals surface area contributed by atoms with Crippen LogP contribution >= 0.6 is 11.6 Å². The van der Waals surface area contributed by atoms with Crippen LogP contribution in [0.1, 0.15) is 28.8 Å². The van der Waals surface area contributed by atoms with Crippen LogP contribution in [0.4, 0.5) is 10.3 Å². The number of aromatic nitrogens is 5. The number of ether oxygens (including phenoxy) is 1. The molecule has 0 saturated carbocycles. The van der Waals surface area contributed by atoms with Crippen LogP contribution in [0.2, 0.25) is 5.02 Å². The van der Waals surface area contributed by atoms with E-state index in [-0.39, 0.29) is 11.9 Å². The Labute approximate surface area is 181 Å². The fourth-order valence-corrected chi connectivity index (χ4v) is 4.31. The molecule has 2 aliphatic heterocycles. The van der Waals surface area contributed by atoms with E-state index < -0.39 is 6.10 Å². The Morgan fingerprint density at radius 3 is 2.74 bits per heavy atom. The van der Waals surface area contributed by atoms with E-state index in [1.165, 1.54) is 12.1 Å². The summed E-state index contributed by atoms with van der Waals surface area (Å²) in [5, 5.41) is 16.1. The first-order valence-corrected chi connectivity index (χ1v) is 9.98. The molecule has 0 aliphatic carbocycles. The first kappa shape index (κ1) is 18.0. The quantitative estimate of drug-likeness (QED) is 0.505. The van der Waals surface area contributed by atoms with E-state index in [9.17, 15) is 4.39 Å². The zero-order valence-corrected chi connectivity index (χ0v) is 16.7. The summed E-state index contributed by atoms with van der Waals surface area (Å²) in [6, 6.07) is 15.2. The SMILES string of the molecule is Fc1ccc([C@H]2Oc3ccc(Cl)cc3C3=C2[C@H](c2cccnc2)n2nnnc2N3)cc1. The van der Waals surface area contributed by atoms with Gasteiger partial charge in [0.15, 0.2) is 0 Å². The Kier molecular flexibility index (Phi) is 4.00. The molecule has 1 N–H and O–H groups in total. The number of fused-ring (bicyclic) bond motifs is 3. The van der Waals surface area contributed by atoms with Crippen molar-refractivity contribution in [1.82, 2.24) is 25.2 Å².